The van der Waals surface area contributed by atoms with Crippen LogP contribution in [0, 0.1) is 0 Å². The van der Waals surface area contributed by atoms with Gasteiger partial charge in [-0.2, -0.15) is 0 Å². The molecule has 0 aromatic heterocycles. The fraction of sp³-hybridized carbons (Fsp3) is 0.667. The van der Waals surface area contributed by atoms with Gasteiger partial charge in [-0.15, -0.1) is 0 Å². The highest BCUT2D eigenvalue weighted by Crippen LogP contribution is 2.21. The molecule has 0 saturated heterocycles. The second-order valence-electron chi connectivity index (χ2n) is 2.81. The molecule has 1 aliphatic carbocycles. The molecule has 1 rings (SSSR count). The van der Waals surface area contributed by atoms with E-state index in [2.05, 4.69) is 6.08 Å². The fourth-order valence-corrected chi connectivity index (χ4v) is 1.38. The Morgan fingerprint density at radius 1 is 1.60 bits per heavy atom. The van der Waals surface area contributed by atoms with E-state index in [0.29, 0.717) is 0 Å². The summed E-state index contributed by atoms with van der Waals surface area (Å²) in [5.74, 6) is 0. The van der Waals surface area contributed by atoms with E-state index in [1.807, 2.05) is 0 Å². The smallest absolute Gasteiger partial charge is 0.120 e. The summed E-state index contributed by atoms with van der Waals surface area (Å²) in [6, 6.07) is 0. The minimum Gasteiger partial charge on any atom is -0.303 e. The van der Waals surface area contributed by atoms with E-state index in [1.165, 1.54) is 19.3 Å². The van der Waals surface area contributed by atoms with Gasteiger partial charge >= 0.3 is 0 Å². The molecule has 1 heteroatoms. The quantitative estimate of drug-likeness (QED) is 0.331. The molecule has 0 aromatic rings. The SMILES string of the molecule is O=CCCCC1=CCCC1. The molecule has 0 amide bonds. The van der Waals surface area contributed by atoms with Gasteiger partial charge in [0.15, 0.2) is 0 Å². The lowest BCUT2D eigenvalue weighted by Gasteiger charge is -1.96. The van der Waals surface area contributed by atoms with Crippen LogP contribution in [0.5, 0.6) is 0 Å². The summed E-state index contributed by atoms with van der Waals surface area (Å²) in [5, 5.41) is 0. The number of carbonyl (C=O) groups excluding carboxylic acids is 1. The van der Waals surface area contributed by atoms with Gasteiger partial charge in [-0.05, 0) is 32.1 Å². The van der Waals surface area contributed by atoms with Crippen LogP contribution in [0.25, 0.3) is 0 Å². The average molecular weight is 138 g/mol. The van der Waals surface area contributed by atoms with Crippen LogP contribution in [0.2, 0.25) is 0 Å². The predicted molar refractivity (Wildman–Crippen MR) is 41.8 cm³/mol. The molecule has 10 heavy (non-hydrogen) atoms. The summed E-state index contributed by atoms with van der Waals surface area (Å²) in [4.78, 5) is 9.96. The van der Waals surface area contributed by atoms with E-state index in [9.17, 15) is 4.79 Å². The zero-order chi connectivity index (χ0) is 7.23. The Bertz CT molecular complexity index is 136. The normalized spacial score (nSPS) is 17.0. The number of hydrogen-bond donors (Lipinski definition) is 0. The Morgan fingerprint density at radius 2 is 2.50 bits per heavy atom. The number of carbonyl (C=O) groups is 1. The summed E-state index contributed by atoms with van der Waals surface area (Å²) < 4.78 is 0. The summed E-state index contributed by atoms with van der Waals surface area (Å²) in [6.07, 6.45) is 10.1. The molecule has 1 aliphatic rings. The Morgan fingerprint density at radius 3 is 3.10 bits per heavy atom. The van der Waals surface area contributed by atoms with E-state index in [4.69, 9.17) is 0 Å². The summed E-state index contributed by atoms with van der Waals surface area (Å²) in [6.45, 7) is 0. The molecular formula is C9H14O. The van der Waals surface area contributed by atoms with Crippen LogP contribution in [0.4, 0.5) is 0 Å². The van der Waals surface area contributed by atoms with E-state index in [0.717, 1.165) is 25.5 Å². The highest BCUT2D eigenvalue weighted by Gasteiger charge is 2.02. The predicted octanol–water partition coefficient (Wildman–Crippen LogP) is 2.47. The third kappa shape index (κ3) is 2.34. The van der Waals surface area contributed by atoms with Crippen molar-refractivity contribution < 1.29 is 4.79 Å². The second-order valence-corrected chi connectivity index (χ2v) is 2.81. The largest absolute Gasteiger partial charge is 0.303 e. The number of allylic oxidation sites excluding steroid dienone is 2. The highest BCUT2D eigenvalue weighted by atomic mass is 16.1. The molecule has 0 radical (unpaired) electrons. The van der Waals surface area contributed by atoms with Crippen molar-refractivity contribution >= 4 is 6.29 Å². The Balaban J connectivity index is 2.06. The maximum atomic E-state index is 9.96. The highest BCUT2D eigenvalue weighted by molar-refractivity contribution is 5.49. The van der Waals surface area contributed by atoms with Gasteiger partial charge in [0.05, 0.1) is 0 Å². The molecule has 0 heterocycles. The molecule has 0 atom stereocenters. The van der Waals surface area contributed by atoms with Crippen LogP contribution in [-0.2, 0) is 4.79 Å². The van der Waals surface area contributed by atoms with Gasteiger partial charge in [0.25, 0.3) is 0 Å². The topological polar surface area (TPSA) is 17.1 Å². The van der Waals surface area contributed by atoms with Crippen molar-refractivity contribution in [1.82, 2.24) is 0 Å². The van der Waals surface area contributed by atoms with Gasteiger partial charge in [0, 0.05) is 6.42 Å². The maximum absolute atomic E-state index is 9.96. The van der Waals surface area contributed by atoms with Gasteiger partial charge in [-0.1, -0.05) is 11.6 Å². The monoisotopic (exact) mass is 138 g/mol. The Hall–Kier alpha value is -0.590. The Kier molecular flexibility index (Phi) is 3.20. The molecule has 56 valence electrons. The summed E-state index contributed by atoms with van der Waals surface area (Å²) in [7, 11) is 0. The first-order valence-electron chi connectivity index (χ1n) is 4.05. The van der Waals surface area contributed by atoms with Crippen LogP contribution in [0.3, 0.4) is 0 Å². The first-order valence-corrected chi connectivity index (χ1v) is 4.05. The first kappa shape index (κ1) is 7.52. The van der Waals surface area contributed by atoms with Gasteiger partial charge in [-0.3, -0.25) is 0 Å². The van der Waals surface area contributed by atoms with E-state index in [1.54, 1.807) is 5.57 Å². The van der Waals surface area contributed by atoms with Crippen molar-refractivity contribution in [2.75, 3.05) is 0 Å². The number of aldehydes is 1. The molecule has 0 N–H and O–H groups in total. The number of hydrogen-bond acceptors (Lipinski definition) is 1. The van der Waals surface area contributed by atoms with Crippen LogP contribution in [-0.4, -0.2) is 6.29 Å². The molecular weight excluding hydrogens is 124 g/mol. The maximum Gasteiger partial charge on any atom is 0.120 e. The van der Waals surface area contributed by atoms with Crippen LogP contribution < -0.4 is 0 Å². The van der Waals surface area contributed by atoms with Crippen molar-refractivity contribution in [3.8, 4) is 0 Å². The zero-order valence-electron chi connectivity index (χ0n) is 6.31. The molecule has 1 nitrogen and oxygen atoms in total. The Labute approximate surface area is 62.1 Å². The molecule has 0 aromatic carbocycles. The van der Waals surface area contributed by atoms with Crippen molar-refractivity contribution in [2.24, 2.45) is 0 Å². The van der Waals surface area contributed by atoms with Crippen molar-refractivity contribution in [3.05, 3.63) is 11.6 Å². The van der Waals surface area contributed by atoms with Crippen LogP contribution in [0.1, 0.15) is 38.5 Å². The third-order valence-electron chi connectivity index (χ3n) is 1.95. The van der Waals surface area contributed by atoms with Gasteiger partial charge in [0.2, 0.25) is 0 Å². The fourth-order valence-electron chi connectivity index (χ4n) is 1.38. The van der Waals surface area contributed by atoms with Gasteiger partial charge in [0.1, 0.15) is 6.29 Å². The van der Waals surface area contributed by atoms with Crippen LogP contribution >= 0.6 is 0 Å². The summed E-state index contributed by atoms with van der Waals surface area (Å²) in [5.41, 5.74) is 1.57. The zero-order valence-corrected chi connectivity index (χ0v) is 6.31. The van der Waals surface area contributed by atoms with Crippen molar-refractivity contribution in [3.63, 3.8) is 0 Å². The van der Waals surface area contributed by atoms with Crippen molar-refractivity contribution in [2.45, 2.75) is 38.5 Å². The molecule has 0 spiro atoms. The molecule has 0 unspecified atom stereocenters. The minimum absolute atomic E-state index is 0.733. The molecule has 0 aliphatic heterocycles. The van der Waals surface area contributed by atoms with Gasteiger partial charge in [-0.25, -0.2) is 0 Å². The average Bonchev–Trinajstić information content (AvgIpc) is 2.41. The summed E-state index contributed by atoms with van der Waals surface area (Å²) >= 11 is 0. The van der Waals surface area contributed by atoms with Crippen molar-refractivity contribution in [1.29, 1.82) is 0 Å². The second kappa shape index (κ2) is 4.26. The first-order chi connectivity index (χ1) is 4.93. The van der Waals surface area contributed by atoms with E-state index >= 15 is 0 Å². The number of rotatable bonds is 4. The molecule has 0 bridgehead atoms. The van der Waals surface area contributed by atoms with E-state index < -0.39 is 0 Å². The molecule has 0 saturated carbocycles. The number of unbranched alkanes of at least 4 members (excludes halogenated alkanes) is 1. The third-order valence-corrected chi connectivity index (χ3v) is 1.95. The lowest BCUT2D eigenvalue weighted by atomic mass is 10.1. The lowest BCUT2D eigenvalue weighted by Crippen LogP contribution is -1.80. The van der Waals surface area contributed by atoms with Gasteiger partial charge < -0.3 is 4.79 Å². The van der Waals surface area contributed by atoms with E-state index in [-0.39, 0.29) is 0 Å². The van der Waals surface area contributed by atoms with Crippen LogP contribution in [0.15, 0.2) is 11.6 Å². The minimum atomic E-state index is 0.733. The molecule has 0 fully saturated rings. The lowest BCUT2D eigenvalue weighted by molar-refractivity contribution is -0.107. The standard InChI is InChI=1S/C9H14O/c10-8-4-3-7-9-5-1-2-6-9/h5,8H,1-4,6-7H2.